The molecule has 0 aliphatic carbocycles. The number of hydrogen-bond donors (Lipinski definition) is 2. The van der Waals surface area contributed by atoms with Gasteiger partial charge in [-0.05, 0) is 19.1 Å². The average molecular weight is 293 g/mol. The molecule has 2 N–H and O–H groups in total. The lowest BCUT2D eigenvalue weighted by molar-refractivity contribution is -0.138. The molecule has 1 heterocycles. The number of ether oxygens (including phenoxy) is 1. The van der Waals surface area contributed by atoms with Crippen LogP contribution in [0, 0.1) is 0 Å². The summed E-state index contributed by atoms with van der Waals surface area (Å²) < 4.78 is 29.8. The number of hydrogen-bond acceptors (Lipinski definition) is 6. The maximum absolute atomic E-state index is 11.8. The number of carboxylic acid groups (broad SMARTS) is 1. The summed E-state index contributed by atoms with van der Waals surface area (Å²) in [6.45, 7) is 1.20. The predicted molar refractivity (Wildman–Crippen MR) is 63.1 cm³/mol. The Labute approximate surface area is 107 Å². The third-order valence-electron chi connectivity index (χ3n) is 1.94. The molecule has 0 fully saturated rings. The Morgan fingerprint density at radius 2 is 2.06 bits per heavy atom. The van der Waals surface area contributed by atoms with Crippen LogP contribution in [-0.4, -0.2) is 38.6 Å². The van der Waals surface area contributed by atoms with Crippen LogP contribution in [0.4, 0.5) is 0 Å². The van der Waals surface area contributed by atoms with E-state index in [2.05, 4.69) is 4.74 Å². The van der Waals surface area contributed by atoms with Crippen LogP contribution in [-0.2, 0) is 19.6 Å². The van der Waals surface area contributed by atoms with Crippen LogP contribution in [0.3, 0.4) is 0 Å². The molecule has 1 unspecified atom stereocenters. The molecule has 0 spiro atoms. The van der Waals surface area contributed by atoms with Crippen LogP contribution >= 0.6 is 11.3 Å². The summed E-state index contributed by atoms with van der Waals surface area (Å²) in [4.78, 5) is 21.9. The minimum absolute atomic E-state index is 0.126. The smallest absolute Gasteiger partial charge is 0.348 e. The van der Waals surface area contributed by atoms with Gasteiger partial charge >= 0.3 is 11.9 Å². The van der Waals surface area contributed by atoms with Crippen molar-refractivity contribution in [3.8, 4) is 0 Å². The van der Waals surface area contributed by atoms with Crippen LogP contribution in [0.25, 0.3) is 0 Å². The first-order valence-corrected chi connectivity index (χ1v) is 7.01. The zero-order chi connectivity index (χ0) is 13.9. The Balaban J connectivity index is 2.96. The number of esters is 1. The first-order valence-electron chi connectivity index (χ1n) is 4.71. The molecule has 0 saturated heterocycles. The van der Waals surface area contributed by atoms with E-state index in [1.807, 2.05) is 4.72 Å². The number of carboxylic acids is 1. The topological polar surface area (TPSA) is 110 Å². The van der Waals surface area contributed by atoms with Gasteiger partial charge in [0.05, 0.1) is 7.11 Å². The number of aliphatic carboxylic acids is 1. The van der Waals surface area contributed by atoms with Crippen molar-refractivity contribution in [3.63, 3.8) is 0 Å². The van der Waals surface area contributed by atoms with E-state index in [1.54, 1.807) is 0 Å². The highest BCUT2D eigenvalue weighted by atomic mass is 32.2. The summed E-state index contributed by atoms with van der Waals surface area (Å²) in [5.41, 5.74) is 0. The van der Waals surface area contributed by atoms with Gasteiger partial charge in [-0.15, -0.1) is 11.3 Å². The van der Waals surface area contributed by atoms with Crippen LogP contribution in [0.15, 0.2) is 16.3 Å². The molecule has 0 aromatic carbocycles. The maximum atomic E-state index is 11.8. The normalized spacial score (nSPS) is 13.0. The van der Waals surface area contributed by atoms with Crippen molar-refractivity contribution in [1.82, 2.24) is 4.72 Å². The molecule has 0 saturated carbocycles. The standard InChI is InChI=1S/C9H11NO6S2/c1-5(8(11)12)10-18(14,15)7-4-3-6(17-7)9(13)16-2/h3-5,10H,1-2H3,(H,11,12). The van der Waals surface area contributed by atoms with Crippen molar-refractivity contribution in [2.75, 3.05) is 7.11 Å². The van der Waals surface area contributed by atoms with Gasteiger partial charge in [0.15, 0.2) is 0 Å². The predicted octanol–water partition coefficient (Wildman–Crippen LogP) is 0.286. The number of methoxy groups -OCH3 is 1. The van der Waals surface area contributed by atoms with Gasteiger partial charge in [-0.25, -0.2) is 13.2 Å². The van der Waals surface area contributed by atoms with Crippen LogP contribution in [0.1, 0.15) is 16.6 Å². The molecule has 7 nitrogen and oxygen atoms in total. The van der Waals surface area contributed by atoms with Gasteiger partial charge in [0.2, 0.25) is 0 Å². The highest BCUT2D eigenvalue weighted by Crippen LogP contribution is 2.22. The number of thiophene rings is 1. The van der Waals surface area contributed by atoms with Crippen molar-refractivity contribution in [3.05, 3.63) is 17.0 Å². The van der Waals surface area contributed by atoms with Crippen molar-refractivity contribution >= 4 is 33.3 Å². The second kappa shape index (κ2) is 5.46. The van der Waals surface area contributed by atoms with E-state index in [-0.39, 0.29) is 9.09 Å². The number of carbonyl (C=O) groups excluding carboxylic acids is 1. The van der Waals surface area contributed by atoms with Gasteiger partial charge in [-0.3, -0.25) is 4.79 Å². The number of nitrogens with one attached hydrogen (secondary N) is 1. The van der Waals surface area contributed by atoms with E-state index in [0.717, 1.165) is 0 Å². The fraction of sp³-hybridized carbons (Fsp3) is 0.333. The Bertz CT molecular complexity index is 561. The molecule has 1 aromatic heterocycles. The monoisotopic (exact) mass is 293 g/mol. The van der Waals surface area contributed by atoms with E-state index in [1.165, 1.54) is 26.2 Å². The summed E-state index contributed by atoms with van der Waals surface area (Å²) in [6, 6.07) is 1.27. The van der Waals surface area contributed by atoms with E-state index in [4.69, 9.17) is 5.11 Å². The van der Waals surface area contributed by atoms with Crippen molar-refractivity contribution in [1.29, 1.82) is 0 Å². The molecule has 0 aliphatic heterocycles. The van der Waals surface area contributed by atoms with Crippen molar-refractivity contribution < 1.29 is 27.9 Å². The third kappa shape index (κ3) is 3.28. The molecule has 0 radical (unpaired) electrons. The second-order valence-corrected chi connectivity index (χ2v) is 6.32. The SMILES string of the molecule is COC(=O)c1ccc(S(=O)(=O)NC(C)C(=O)O)s1. The molecular formula is C9H11NO6S2. The summed E-state index contributed by atoms with van der Waals surface area (Å²) in [5.74, 6) is -1.93. The molecule has 0 bridgehead atoms. The third-order valence-corrected chi connectivity index (χ3v) is 5.03. The van der Waals surface area contributed by atoms with Gasteiger partial charge in [-0.1, -0.05) is 0 Å². The van der Waals surface area contributed by atoms with E-state index in [9.17, 15) is 18.0 Å². The van der Waals surface area contributed by atoms with Crippen molar-refractivity contribution in [2.45, 2.75) is 17.2 Å². The second-order valence-electron chi connectivity index (χ2n) is 3.29. The zero-order valence-electron chi connectivity index (χ0n) is 9.54. The summed E-state index contributed by atoms with van der Waals surface area (Å²) in [5, 5.41) is 8.63. The molecular weight excluding hydrogens is 282 g/mol. The average Bonchev–Trinajstić information content (AvgIpc) is 2.77. The fourth-order valence-electron chi connectivity index (χ4n) is 1.02. The molecule has 1 atom stereocenters. The lowest BCUT2D eigenvalue weighted by atomic mass is 10.4. The zero-order valence-corrected chi connectivity index (χ0v) is 11.2. The van der Waals surface area contributed by atoms with Crippen LogP contribution < -0.4 is 4.72 Å². The highest BCUT2D eigenvalue weighted by Gasteiger charge is 2.24. The number of sulfonamides is 1. The van der Waals surface area contributed by atoms with Gasteiger partial charge in [0, 0.05) is 0 Å². The minimum Gasteiger partial charge on any atom is -0.480 e. The van der Waals surface area contributed by atoms with Gasteiger partial charge in [-0.2, -0.15) is 4.72 Å². The molecule has 0 aliphatic rings. The van der Waals surface area contributed by atoms with Crippen LogP contribution in [0.2, 0.25) is 0 Å². The Morgan fingerprint density at radius 1 is 1.44 bits per heavy atom. The quantitative estimate of drug-likeness (QED) is 0.755. The number of rotatable bonds is 5. The van der Waals surface area contributed by atoms with Crippen LogP contribution in [0.5, 0.6) is 0 Å². The first kappa shape index (κ1) is 14.6. The van der Waals surface area contributed by atoms with E-state index < -0.39 is 28.0 Å². The molecule has 18 heavy (non-hydrogen) atoms. The lowest BCUT2D eigenvalue weighted by Gasteiger charge is -2.08. The summed E-state index contributed by atoms with van der Waals surface area (Å²) >= 11 is 0.708. The van der Waals surface area contributed by atoms with E-state index >= 15 is 0 Å². The number of carbonyl (C=O) groups is 2. The maximum Gasteiger partial charge on any atom is 0.348 e. The van der Waals surface area contributed by atoms with Gasteiger partial charge in [0.1, 0.15) is 15.1 Å². The first-order chi connectivity index (χ1) is 8.27. The highest BCUT2D eigenvalue weighted by molar-refractivity contribution is 7.91. The summed E-state index contributed by atoms with van der Waals surface area (Å²) in [7, 11) is -2.76. The largest absolute Gasteiger partial charge is 0.480 e. The van der Waals surface area contributed by atoms with Crippen molar-refractivity contribution in [2.24, 2.45) is 0 Å². The van der Waals surface area contributed by atoms with E-state index in [0.29, 0.717) is 11.3 Å². The molecule has 1 rings (SSSR count). The Morgan fingerprint density at radius 3 is 2.56 bits per heavy atom. The molecule has 0 amide bonds. The lowest BCUT2D eigenvalue weighted by Crippen LogP contribution is -2.37. The Kier molecular flexibility index (Phi) is 4.43. The van der Waals surface area contributed by atoms with Gasteiger partial charge in [0.25, 0.3) is 10.0 Å². The molecule has 100 valence electrons. The fourth-order valence-corrected chi connectivity index (χ4v) is 3.45. The van der Waals surface area contributed by atoms with Gasteiger partial charge < -0.3 is 9.84 Å². The molecule has 1 aromatic rings. The molecule has 9 heteroatoms. The Hall–Kier alpha value is -1.45. The minimum atomic E-state index is -3.95. The summed E-state index contributed by atoms with van der Waals surface area (Å²) in [6.07, 6.45) is 0.